The second-order valence-corrected chi connectivity index (χ2v) is 5.46. The molecule has 2 aromatic rings. The zero-order valence-electron chi connectivity index (χ0n) is 12.1. The second kappa shape index (κ2) is 6.86. The second-order valence-electron chi connectivity index (χ2n) is 5.02. The third-order valence-electron chi connectivity index (χ3n) is 3.16. The average molecular weight is 294 g/mol. The maximum atomic E-state index is 5.89. The van der Waals surface area contributed by atoms with Gasteiger partial charge in [0.25, 0.3) is 0 Å². The summed E-state index contributed by atoms with van der Waals surface area (Å²) in [6.45, 7) is 6.18. The van der Waals surface area contributed by atoms with Gasteiger partial charge in [0.1, 0.15) is 0 Å². The van der Waals surface area contributed by atoms with Gasteiger partial charge in [-0.3, -0.25) is 0 Å². The van der Waals surface area contributed by atoms with Crippen molar-refractivity contribution >= 4 is 11.6 Å². The van der Waals surface area contributed by atoms with Crippen LogP contribution in [0.3, 0.4) is 0 Å². The lowest BCUT2D eigenvalue weighted by Gasteiger charge is -2.17. The largest absolute Gasteiger partial charge is 0.338 e. The fourth-order valence-corrected chi connectivity index (χ4v) is 2.24. The number of aromatic nitrogens is 2. The predicted molar refractivity (Wildman–Crippen MR) is 79.8 cm³/mol. The first-order valence-electron chi connectivity index (χ1n) is 6.91. The summed E-state index contributed by atoms with van der Waals surface area (Å²) in [5.41, 5.74) is 1.25. The highest BCUT2D eigenvalue weighted by Crippen LogP contribution is 2.14. The van der Waals surface area contributed by atoms with Crippen LogP contribution in [-0.4, -0.2) is 16.2 Å². The molecule has 2 atom stereocenters. The molecular weight excluding hydrogens is 274 g/mol. The van der Waals surface area contributed by atoms with Crippen molar-refractivity contribution in [3.63, 3.8) is 0 Å². The highest BCUT2D eigenvalue weighted by Gasteiger charge is 2.16. The first kappa shape index (κ1) is 15.0. The SMILES string of the molecule is CCc1noc([C@H](C)N[C@H](C)Cc2ccc(Cl)cc2)n1. The van der Waals surface area contributed by atoms with Crippen molar-refractivity contribution in [3.05, 3.63) is 46.6 Å². The molecule has 0 fully saturated rings. The van der Waals surface area contributed by atoms with Crippen molar-refractivity contribution < 1.29 is 4.52 Å². The number of benzene rings is 1. The molecule has 1 aromatic carbocycles. The Kier molecular flexibility index (Phi) is 5.15. The highest BCUT2D eigenvalue weighted by molar-refractivity contribution is 6.30. The van der Waals surface area contributed by atoms with Gasteiger partial charge in [-0.25, -0.2) is 0 Å². The van der Waals surface area contributed by atoms with Gasteiger partial charge in [0.2, 0.25) is 5.89 Å². The van der Waals surface area contributed by atoms with E-state index in [2.05, 4.69) is 22.4 Å². The van der Waals surface area contributed by atoms with Gasteiger partial charge in [-0.2, -0.15) is 4.98 Å². The van der Waals surface area contributed by atoms with E-state index in [-0.39, 0.29) is 6.04 Å². The van der Waals surface area contributed by atoms with Gasteiger partial charge >= 0.3 is 0 Å². The average Bonchev–Trinajstić information content (AvgIpc) is 2.90. The summed E-state index contributed by atoms with van der Waals surface area (Å²) >= 11 is 5.89. The summed E-state index contributed by atoms with van der Waals surface area (Å²) in [5, 5.41) is 8.15. The minimum Gasteiger partial charge on any atom is -0.338 e. The molecule has 0 spiro atoms. The van der Waals surface area contributed by atoms with Crippen LogP contribution in [0.25, 0.3) is 0 Å². The van der Waals surface area contributed by atoms with Crippen LogP contribution >= 0.6 is 11.6 Å². The van der Waals surface area contributed by atoms with E-state index in [0.717, 1.165) is 23.7 Å². The Morgan fingerprint density at radius 3 is 2.55 bits per heavy atom. The number of rotatable bonds is 6. The monoisotopic (exact) mass is 293 g/mol. The normalized spacial score (nSPS) is 14.2. The lowest BCUT2D eigenvalue weighted by molar-refractivity contribution is 0.324. The van der Waals surface area contributed by atoms with Gasteiger partial charge in [-0.05, 0) is 38.0 Å². The first-order chi connectivity index (χ1) is 9.58. The molecule has 108 valence electrons. The van der Waals surface area contributed by atoms with Crippen LogP contribution in [-0.2, 0) is 12.8 Å². The molecule has 0 radical (unpaired) electrons. The Bertz CT molecular complexity index is 538. The van der Waals surface area contributed by atoms with Gasteiger partial charge in [0, 0.05) is 17.5 Å². The highest BCUT2D eigenvalue weighted by atomic mass is 35.5. The molecule has 1 aromatic heterocycles. The van der Waals surface area contributed by atoms with E-state index in [1.807, 2.05) is 38.1 Å². The Hall–Kier alpha value is -1.39. The van der Waals surface area contributed by atoms with Crippen molar-refractivity contribution in [2.75, 3.05) is 0 Å². The van der Waals surface area contributed by atoms with Crippen LogP contribution in [0.1, 0.15) is 44.1 Å². The molecule has 0 amide bonds. The maximum absolute atomic E-state index is 5.89. The molecule has 20 heavy (non-hydrogen) atoms. The quantitative estimate of drug-likeness (QED) is 0.884. The van der Waals surface area contributed by atoms with Crippen LogP contribution in [0.15, 0.2) is 28.8 Å². The summed E-state index contributed by atoms with van der Waals surface area (Å²) in [4.78, 5) is 4.34. The smallest absolute Gasteiger partial charge is 0.243 e. The number of hydrogen-bond donors (Lipinski definition) is 1. The first-order valence-corrected chi connectivity index (χ1v) is 7.29. The molecule has 0 unspecified atom stereocenters. The number of halogens is 1. The van der Waals surface area contributed by atoms with Crippen molar-refractivity contribution in [1.82, 2.24) is 15.5 Å². The topological polar surface area (TPSA) is 51.0 Å². The Morgan fingerprint density at radius 2 is 1.95 bits per heavy atom. The maximum Gasteiger partial charge on any atom is 0.243 e. The zero-order chi connectivity index (χ0) is 14.5. The lowest BCUT2D eigenvalue weighted by atomic mass is 10.1. The van der Waals surface area contributed by atoms with Gasteiger partial charge in [0.15, 0.2) is 5.82 Å². The molecular formula is C15H20ClN3O. The van der Waals surface area contributed by atoms with Crippen LogP contribution < -0.4 is 5.32 Å². The summed E-state index contributed by atoms with van der Waals surface area (Å²) < 4.78 is 5.24. The van der Waals surface area contributed by atoms with E-state index < -0.39 is 0 Å². The van der Waals surface area contributed by atoms with Crippen molar-refractivity contribution in [2.24, 2.45) is 0 Å². The van der Waals surface area contributed by atoms with Crippen LogP contribution in [0.5, 0.6) is 0 Å². The fourth-order valence-electron chi connectivity index (χ4n) is 2.12. The number of aryl methyl sites for hydroxylation is 1. The molecule has 0 aliphatic heterocycles. The molecule has 1 N–H and O–H groups in total. The summed E-state index contributed by atoms with van der Waals surface area (Å²) in [5.74, 6) is 1.39. The summed E-state index contributed by atoms with van der Waals surface area (Å²) in [7, 11) is 0. The van der Waals surface area contributed by atoms with E-state index >= 15 is 0 Å². The van der Waals surface area contributed by atoms with Crippen molar-refractivity contribution in [2.45, 2.75) is 45.7 Å². The van der Waals surface area contributed by atoms with Gasteiger partial charge in [0.05, 0.1) is 6.04 Å². The summed E-state index contributed by atoms with van der Waals surface area (Å²) in [6.07, 6.45) is 1.72. The Balaban J connectivity index is 1.90. The Morgan fingerprint density at radius 1 is 1.25 bits per heavy atom. The van der Waals surface area contributed by atoms with Gasteiger partial charge < -0.3 is 9.84 Å². The summed E-state index contributed by atoms with van der Waals surface area (Å²) in [6, 6.07) is 8.28. The predicted octanol–water partition coefficient (Wildman–Crippen LogP) is 3.57. The molecule has 0 saturated carbocycles. The van der Waals surface area contributed by atoms with E-state index in [1.54, 1.807) is 0 Å². The molecule has 0 aliphatic carbocycles. The van der Waals surface area contributed by atoms with E-state index in [4.69, 9.17) is 16.1 Å². The fraction of sp³-hybridized carbons (Fsp3) is 0.467. The van der Waals surface area contributed by atoms with E-state index in [0.29, 0.717) is 11.9 Å². The third-order valence-corrected chi connectivity index (χ3v) is 3.41. The number of nitrogens with zero attached hydrogens (tertiary/aromatic N) is 2. The lowest BCUT2D eigenvalue weighted by Crippen LogP contribution is -2.30. The van der Waals surface area contributed by atoms with Crippen LogP contribution in [0, 0.1) is 0 Å². The molecule has 4 nitrogen and oxygen atoms in total. The molecule has 0 saturated heterocycles. The molecule has 1 heterocycles. The van der Waals surface area contributed by atoms with E-state index in [9.17, 15) is 0 Å². The van der Waals surface area contributed by atoms with Gasteiger partial charge in [-0.15, -0.1) is 0 Å². The third kappa shape index (κ3) is 4.05. The molecule has 0 bridgehead atoms. The number of nitrogens with one attached hydrogen (secondary N) is 1. The Labute approximate surface area is 124 Å². The van der Waals surface area contributed by atoms with Crippen molar-refractivity contribution in [3.8, 4) is 0 Å². The van der Waals surface area contributed by atoms with E-state index in [1.165, 1.54) is 5.56 Å². The molecule has 2 rings (SSSR count). The number of hydrogen-bond acceptors (Lipinski definition) is 4. The minimum absolute atomic E-state index is 0.0464. The van der Waals surface area contributed by atoms with Crippen LogP contribution in [0.2, 0.25) is 5.02 Å². The zero-order valence-corrected chi connectivity index (χ0v) is 12.8. The van der Waals surface area contributed by atoms with Crippen molar-refractivity contribution in [1.29, 1.82) is 0 Å². The molecule has 5 heteroatoms. The standard InChI is InChI=1S/C15H20ClN3O/c1-4-14-18-15(20-19-14)11(3)17-10(2)9-12-5-7-13(16)8-6-12/h5-8,10-11,17H,4,9H2,1-3H3/t10-,11+/m1/s1. The van der Waals surface area contributed by atoms with Crippen LogP contribution in [0.4, 0.5) is 0 Å². The molecule has 0 aliphatic rings. The van der Waals surface area contributed by atoms with Gasteiger partial charge in [-0.1, -0.05) is 35.8 Å². The minimum atomic E-state index is 0.0464.